The second kappa shape index (κ2) is 7.13. The van der Waals surface area contributed by atoms with Gasteiger partial charge >= 0.3 is 0 Å². The molecule has 0 aromatic heterocycles. The highest BCUT2D eigenvalue weighted by Crippen LogP contribution is 2.27. The van der Waals surface area contributed by atoms with Gasteiger partial charge in [-0.2, -0.15) is 0 Å². The summed E-state index contributed by atoms with van der Waals surface area (Å²) in [5.74, 6) is 0.764. The number of amides is 1. The van der Waals surface area contributed by atoms with E-state index >= 15 is 0 Å². The number of methoxy groups -OCH3 is 1. The van der Waals surface area contributed by atoms with Crippen LogP contribution in [0.4, 0.5) is 0 Å². The van der Waals surface area contributed by atoms with Gasteiger partial charge in [0.05, 0.1) is 12.6 Å². The first-order valence-electron chi connectivity index (χ1n) is 5.65. The number of hydrogen-bond donors (Lipinski definition) is 1. The molecule has 0 saturated heterocycles. The van der Waals surface area contributed by atoms with Crippen molar-refractivity contribution in [2.45, 2.75) is 40.2 Å². The Labute approximate surface area is 104 Å². The summed E-state index contributed by atoms with van der Waals surface area (Å²) < 4.78 is 4.97. The molecule has 0 aromatic carbocycles. The Bertz CT molecular complexity index is 214. The first-order chi connectivity index (χ1) is 7.31. The Morgan fingerprint density at radius 2 is 2.00 bits per heavy atom. The predicted molar refractivity (Wildman–Crippen MR) is 67.8 cm³/mol. The Hall–Kier alpha value is -0.280. The number of hydrogen-bond acceptors (Lipinski definition) is 2. The van der Waals surface area contributed by atoms with Gasteiger partial charge in [-0.1, -0.05) is 27.7 Å². The van der Waals surface area contributed by atoms with E-state index in [1.165, 1.54) is 0 Å². The van der Waals surface area contributed by atoms with Crippen LogP contribution in [0.25, 0.3) is 0 Å². The smallest absolute Gasteiger partial charge is 0.220 e. The summed E-state index contributed by atoms with van der Waals surface area (Å²) in [5, 5.41) is 2.87. The number of ether oxygens (including phenoxy) is 1. The van der Waals surface area contributed by atoms with Crippen LogP contribution >= 0.6 is 11.6 Å². The van der Waals surface area contributed by atoms with E-state index < -0.39 is 0 Å². The molecule has 0 aliphatic carbocycles. The SMILES string of the molecule is COCC(CCl)NC(=O)CC(C)C(C)(C)C. The lowest BCUT2D eigenvalue weighted by atomic mass is 9.80. The van der Waals surface area contributed by atoms with Crippen LogP contribution in [0.5, 0.6) is 0 Å². The molecule has 16 heavy (non-hydrogen) atoms. The molecular weight excluding hydrogens is 226 g/mol. The molecule has 1 N–H and O–H groups in total. The molecule has 0 fully saturated rings. The molecule has 0 spiro atoms. The van der Waals surface area contributed by atoms with Crippen LogP contribution in [-0.2, 0) is 9.53 Å². The van der Waals surface area contributed by atoms with Gasteiger partial charge in [0, 0.05) is 19.4 Å². The van der Waals surface area contributed by atoms with Crippen molar-refractivity contribution in [3.63, 3.8) is 0 Å². The van der Waals surface area contributed by atoms with Gasteiger partial charge in [-0.25, -0.2) is 0 Å². The average molecular weight is 250 g/mol. The number of carbonyl (C=O) groups excluding carboxylic acids is 1. The zero-order chi connectivity index (χ0) is 12.8. The summed E-state index contributed by atoms with van der Waals surface area (Å²) in [4.78, 5) is 11.7. The van der Waals surface area contributed by atoms with Crippen molar-refractivity contribution in [1.82, 2.24) is 5.32 Å². The van der Waals surface area contributed by atoms with Crippen molar-refractivity contribution in [2.75, 3.05) is 19.6 Å². The van der Waals surface area contributed by atoms with E-state index in [-0.39, 0.29) is 17.4 Å². The second-order valence-corrected chi connectivity index (χ2v) is 5.65. The van der Waals surface area contributed by atoms with Crippen LogP contribution in [-0.4, -0.2) is 31.5 Å². The summed E-state index contributed by atoms with van der Waals surface area (Å²) in [6.07, 6.45) is 0.528. The highest BCUT2D eigenvalue weighted by atomic mass is 35.5. The molecule has 0 heterocycles. The van der Waals surface area contributed by atoms with Gasteiger partial charge in [-0.3, -0.25) is 4.79 Å². The molecule has 0 bridgehead atoms. The highest BCUT2D eigenvalue weighted by molar-refractivity contribution is 6.18. The summed E-state index contributed by atoms with van der Waals surface area (Å²) in [5.41, 5.74) is 0.148. The summed E-state index contributed by atoms with van der Waals surface area (Å²) >= 11 is 5.72. The first-order valence-corrected chi connectivity index (χ1v) is 6.19. The van der Waals surface area contributed by atoms with Gasteiger partial charge in [0.2, 0.25) is 5.91 Å². The molecule has 0 aromatic rings. The monoisotopic (exact) mass is 249 g/mol. The minimum Gasteiger partial charge on any atom is -0.383 e. The van der Waals surface area contributed by atoms with Gasteiger partial charge in [-0.05, 0) is 11.3 Å². The van der Waals surface area contributed by atoms with Gasteiger partial charge < -0.3 is 10.1 Å². The first kappa shape index (κ1) is 15.7. The van der Waals surface area contributed by atoms with Crippen LogP contribution in [0, 0.1) is 11.3 Å². The maximum absolute atomic E-state index is 11.7. The standard InChI is InChI=1S/C12H24ClNO2/c1-9(12(2,3)4)6-11(15)14-10(7-13)8-16-5/h9-10H,6-8H2,1-5H3,(H,14,15). The van der Waals surface area contributed by atoms with Crippen molar-refractivity contribution >= 4 is 17.5 Å². The molecule has 4 heteroatoms. The lowest BCUT2D eigenvalue weighted by Gasteiger charge is -2.27. The lowest BCUT2D eigenvalue weighted by molar-refractivity contribution is -0.123. The van der Waals surface area contributed by atoms with E-state index in [1.807, 2.05) is 0 Å². The Morgan fingerprint density at radius 3 is 2.38 bits per heavy atom. The van der Waals surface area contributed by atoms with Gasteiger partial charge in [0.1, 0.15) is 0 Å². The molecular formula is C12H24ClNO2. The quantitative estimate of drug-likeness (QED) is 0.735. The van der Waals surface area contributed by atoms with Crippen LogP contribution in [0.2, 0.25) is 0 Å². The normalized spacial score (nSPS) is 15.6. The zero-order valence-electron chi connectivity index (χ0n) is 11.0. The van der Waals surface area contributed by atoms with Crippen LogP contribution in [0.15, 0.2) is 0 Å². The summed E-state index contributed by atoms with van der Waals surface area (Å²) in [6.45, 7) is 8.96. The molecule has 2 unspecified atom stereocenters. The largest absolute Gasteiger partial charge is 0.383 e. The number of carbonyl (C=O) groups is 1. The molecule has 0 radical (unpaired) electrons. The Kier molecular flexibility index (Phi) is 7.00. The van der Waals surface area contributed by atoms with Crippen LogP contribution in [0.1, 0.15) is 34.1 Å². The third-order valence-electron chi connectivity index (χ3n) is 2.89. The maximum atomic E-state index is 11.7. The number of rotatable bonds is 6. The topological polar surface area (TPSA) is 38.3 Å². The van der Waals surface area contributed by atoms with Gasteiger partial charge in [0.15, 0.2) is 0 Å². The van der Waals surface area contributed by atoms with Crippen molar-refractivity contribution in [3.8, 4) is 0 Å². The van der Waals surface area contributed by atoms with E-state index in [2.05, 4.69) is 33.0 Å². The predicted octanol–water partition coefficient (Wildman–Crippen LogP) is 2.43. The van der Waals surface area contributed by atoms with Crippen LogP contribution < -0.4 is 5.32 Å². The van der Waals surface area contributed by atoms with Crippen molar-refractivity contribution in [1.29, 1.82) is 0 Å². The third-order valence-corrected chi connectivity index (χ3v) is 3.26. The Balaban J connectivity index is 4.07. The maximum Gasteiger partial charge on any atom is 0.220 e. The van der Waals surface area contributed by atoms with Crippen molar-refractivity contribution < 1.29 is 9.53 Å². The minimum absolute atomic E-state index is 0.0464. The summed E-state index contributed by atoms with van der Waals surface area (Å²) in [6, 6.07) is -0.0914. The van der Waals surface area contributed by atoms with E-state index in [0.717, 1.165) is 0 Å². The molecule has 0 aliphatic heterocycles. The third kappa shape index (κ3) is 6.33. The fourth-order valence-electron chi connectivity index (χ4n) is 1.20. The van der Waals surface area contributed by atoms with E-state index in [0.29, 0.717) is 24.8 Å². The number of nitrogens with one attached hydrogen (secondary N) is 1. The van der Waals surface area contributed by atoms with Crippen molar-refractivity contribution in [3.05, 3.63) is 0 Å². The lowest BCUT2D eigenvalue weighted by Crippen LogP contribution is -2.40. The zero-order valence-corrected chi connectivity index (χ0v) is 11.7. The van der Waals surface area contributed by atoms with E-state index in [9.17, 15) is 4.79 Å². The second-order valence-electron chi connectivity index (χ2n) is 5.35. The van der Waals surface area contributed by atoms with Crippen molar-refractivity contribution in [2.24, 2.45) is 11.3 Å². The average Bonchev–Trinajstić information content (AvgIpc) is 2.15. The molecule has 1 amide bonds. The molecule has 0 saturated carbocycles. The molecule has 0 aliphatic rings. The number of alkyl halides is 1. The number of halogens is 1. The van der Waals surface area contributed by atoms with Crippen LogP contribution in [0.3, 0.4) is 0 Å². The van der Waals surface area contributed by atoms with Gasteiger partial charge in [0.25, 0.3) is 0 Å². The minimum atomic E-state index is -0.0914. The van der Waals surface area contributed by atoms with E-state index in [4.69, 9.17) is 16.3 Å². The van der Waals surface area contributed by atoms with Gasteiger partial charge in [-0.15, -0.1) is 11.6 Å². The van der Waals surface area contributed by atoms with E-state index in [1.54, 1.807) is 7.11 Å². The molecule has 3 nitrogen and oxygen atoms in total. The fraction of sp³-hybridized carbons (Fsp3) is 0.917. The molecule has 2 atom stereocenters. The summed E-state index contributed by atoms with van der Waals surface area (Å²) in [7, 11) is 1.60. The molecule has 0 rings (SSSR count). The molecule has 96 valence electrons. The fourth-order valence-corrected chi connectivity index (χ4v) is 1.36. The highest BCUT2D eigenvalue weighted by Gasteiger charge is 2.23. The Morgan fingerprint density at radius 1 is 1.44 bits per heavy atom.